The van der Waals surface area contributed by atoms with Crippen LogP contribution in [0.25, 0.3) is 11.5 Å². The number of benzene rings is 2. The zero-order valence-electron chi connectivity index (χ0n) is 15.7. The highest BCUT2D eigenvalue weighted by Gasteiger charge is 2.16. The maximum Gasteiger partial charge on any atom is 0.277 e. The highest BCUT2D eigenvalue weighted by Crippen LogP contribution is 2.33. The highest BCUT2D eigenvalue weighted by molar-refractivity contribution is 7.99. The Morgan fingerprint density at radius 3 is 2.79 bits per heavy atom. The number of carbonyl (C=O) groups is 1. The molecule has 4 rings (SSSR count). The molecule has 0 aliphatic carbocycles. The molecule has 150 valence electrons. The van der Waals surface area contributed by atoms with Gasteiger partial charge in [-0.2, -0.15) is 0 Å². The molecule has 0 atom stereocenters. The molecule has 1 aromatic heterocycles. The van der Waals surface area contributed by atoms with Gasteiger partial charge in [-0.15, -0.1) is 10.2 Å². The predicted octanol–water partition coefficient (Wildman–Crippen LogP) is 2.92. The second-order valence-corrected chi connectivity index (χ2v) is 7.03. The first kappa shape index (κ1) is 19.1. The van der Waals surface area contributed by atoms with Crippen LogP contribution >= 0.6 is 11.8 Å². The summed E-state index contributed by atoms with van der Waals surface area (Å²) in [4.78, 5) is 12.2. The van der Waals surface area contributed by atoms with Gasteiger partial charge >= 0.3 is 0 Å². The summed E-state index contributed by atoms with van der Waals surface area (Å²) in [6.45, 7) is 1.39. The van der Waals surface area contributed by atoms with Crippen molar-refractivity contribution in [3.63, 3.8) is 0 Å². The van der Waals surface area contributed by atoms with Crippen molar-refractivity contribution in [3.8, 4) is 28.7 Å². The fourth-order valence-electron chi connectivity index (χ4n) is 2.76. The van der Waals surface area contributed by atoms with Crippen LogP contribution in [0.4, 0.5) is 0 Å². The van der Waals surface area contributed by atoms with Gasteiger partial charge in [-0.1, -0.05) is 23.9 Å². The summed E-state index contributed by atoms with van der Waals surface area (Å²) in [5.74, 6) is 2.55. The number of hydrogen-bond acceptors (Lipinski definition) is 8. The molecule has 1 aliphatic heterocycles. The van der Waals surface area contributed by atoms with Crippen molar-refractivity contribution in [2.75, 3.05) is 26.1 Å². The zero-order chi connectivity index (χ0) is 20.1. The van der Waals surface area contributed by atoms with E-state index in [0.29, 0.717) is 42.4 Å². The van der Waals surface area contributed by atoms with E-state index in [9.17, 15) is 4.79 Å². The summed E-state index contributed by atoms with van der Waals surface area (Å²) in [7, 11) is 1.61. The molecule has 0 radical (unpaired) electrons. The summed E-state index contributed by atoms with van der Waals surface area (Å²) in [5, 5.41) is 11.2. The van der Waals surface area contributed by atoms with E-state index in [1.165, 1.54) is 11.8 Å². The summed E-state index contributed by atoms with van der Waals surface area (Å²) >= 11 is 1.18. The Kier molecular flexibility index (Phi) is 5.85. The molecule has 2 heterocycles. The number of carbonyl (C=O) groups excluding carboxylic acids is 1. The Balaban J connectivity index is 1.29. The van der Waals surface area contributed by atoms with Crippen molar-refractivity contribution in [1.29, 1.82) is 0 Å². The molecule has 0 saturated carbocycles. The van der Waals surface area contributed by atoms with Gasteiger partial charge in [0.05, 0.1) is 12.9 Å². The third-order valence-corrected chi connectivity index (χ3v) is 5.01. The van der Waals surface area contributed by atoms with E-state index in [2.05, 4.69) is 15.5 Å². The summed E-state index contributed by atoms with van der Waals surface area (Å²) in [6.07, 6.45) is 0. The Bertz CT molecular complexity index is 990. The van der Waals surface area contributed by atoms with Crippen molar-refractivity contribution >= 4 is 17.7 Å². The molecule has 29 heavy (non-hydrogen) atoms. The fraction of sp³-hybridized carbons (Fsp3) is 0.250. The number of aromatic nitrogens is 2. The van der Waals surface area contributed by atoms with Gasteiger partial charge in [-0.05, 0) is 30.3 Å². The molecule has 0 saturated heterocycles. The number of ether oxygens (including phenoxy) is 3. The second-order valence-electron chi connectivity index (χ2n) is 6.11. The molecular weight excluding hydrogens is 394 g/mol. The number of nitrogens with one attached hydrogen (secondary N) is 1. The summed E-state index contributed by atoms with van der Waals surface area (Å²) < 4.78 is 21.9. The van der Waals surface area contributed by atoms with Gasteiger partial charge in [-0.25, -0.2) is 0 Å². The lowest BCUT2D eigenvalue weighted by Gasteiger charge is -2.21. The van der Waals surface area contributed by atoms with Gasteiger partial charge in [0.15, 0.2) is 11.5 Å². The van der Waals surface area contributed by atoms with Gasteiger partial charge in [0.1, 0.15) is 19.0 Å². The molecule has 0 unspecified atom stereocenters. The summed E-state index contributed by atoms with van der Waals surface area (Å²) in [5.41, 5.74) is 1.66. The van der Waals surface area contributed by atoms with E-state index in [0.717, 1.165) is 16.9 Å². The number of thioether (sulfide) groups is 1. The molecule has 0 bridgehead atoms. The van der Waals surface area contributed by atoms with E-state index in [1.54, 1.807) is 7.11 Å². The minimum absolute atomic E-state index is 0.145. The average molecular weight is 413 g/mol. The largest absolute Gasteiger partial charge is 0.497 e. The molecule has 1 aliphatic rings. The molecule has 9 heteroatoms. The number of rotatable bonds is 7. The Hall–Kier alpha value is -3.20. The van der Waals surface area contributed by atoms with Crippen LogP contribution in [-0.4, -0.2) is 42.2 Å². The number of para-hydroxylation sites is 1. The van der Waals surface area contributed by atoms with E-state index >= 15 is 0 Å². The molecule has 1 amide bonds. The molecule has 3 aromatic rings. The van der Waals surface area contributed by atoms with Gasteiger partial charge in [-0.3, -0.25) is 4.79 Å². The normalized spacial score (nSPS) is 12.4. The highest BCUT2D eigenvalue weighted by atomic mass is 32.2. The standard InChI is InChI=1S/C20H19N3O5S/c1-25-15-7-5-13(6-8-15)19-22-23-20(28-19)29-12-17(24)21-11-14-3-2-4-16-18(14)27-10-9-26-16/h2-8H,9-12H2,1H3,(H,21,24). The topological polar surface area (TPSA) is 95.7 Å². The van der Waals surface area contributed by atoms with Crippen LogP contribution in [0.2, 0.25) is 0 Å². The third-order valence-electron chi connectivity index (χ3n) is 4.19. The van der Waals surface area contributed by atoms with Crippen molar-refractivity contribution in [3.05, 3.63) is 48.0 Å². The lowest BCUT2D eigenvalue weighted by Crippen LogP contribution is -2.25. The number of hydrogen-bond donors (Lipinski definition) is 1. The maximum absolute atomic E-state index is 12.2. The van der Waals surface area contributed by atoms with Crippen LogP contribution in [0.15, 0.2) is 52.1 Å². The molecule has 0 spiro atoms. The van der Waals surface area contributed by atoms with Crippen LogP contribution in [0, 0.1) is 0 Å². The SMILES string of the molecule is COc1ccc(-c2nnc(SCC(=O)NCc3cccc4c3OCCO4)o2)cc1. The van der Waals surface area contributed by atoms with Gasteiger partial charge in [0.25, 0.3) is 5.22 Å². The van der Waals surface area contributed by atoms with Gasteiger partial charge in [0, 0.05) is 17.7 Å². The van der Waals surface area contributed by atoms with Crippen LogP contribution in [0.5, 0.6) is 17.2 Å². The minimum atomic E-state index is -0.145. The van der Waals surface area contributed by atoms with E-state index in [-0.39, 0.29) is 11.7 Å². The molecular formula is C20H19N3O5S. The first-order valence-corrected chi connectivity index (χ1v) is 9.96. The Morgan fingerprint density at radius 2 is 1.97 bits per heavy atom. The smallest absolute Gasteiger partial charge is 0.277 e. The minimum Gasteiger partial charge on any atom is -0.497 e. The lowest BCUT2D eigenvalue weighted by molar-refractivity contribution is -0.118. The van der Waals surface area contributed by atoms with Crippen molar-refractivity contribution in [2.24, 2.45) is 0 Å². The van der Waals surface area contributed by atoms with E-state index in [1.807, 2.05) is 42.5 Å². The predicted molar refractivity (Wildman–Crippen MR) is 106 cm³/mol. The van der Waals surface area contributed by atoms with E-state index < -0.39 is 0 Å². The molecule has 2 aromatic carbocycles. The van der Waals surface area contributed by atoms with Crippen LogP contribution in [0.1, 0.15) is 5.56 Å². The van der Waals surface area contributed by atoms with Crippen molar-refractivity contribution in [1.82, 2.24) is 15.5 Å². The van der Waals surface area contributed by atoms with Gasteiger partial charge in [0.2, 0.25) is 11.8 Å². The molecule has 1 N–H and O–H groups in total. The van der Waals surface area contributed by atoms with Crippen LogP contribution in [-0.2, 0) is 11.3 Å². The lowest BCUT2D eigenvalue weighted by atomic mass is 10.1. The van der Waals surface area contributed by atoms with Crippen molar-refractivity contribution < 1.29 is 23.4 Å². The fourth-order valence-corrected chi connectivity index (χ4v) is 3.36. The maximum atomic E-state index is 12.2. The second kappa shape index (κ2) is 8.87. The average Bonchev–Trinajstić information content (AvgIpc) is 3.25. The third kappa shape index (κ3) is 4.62. The summed E-state index contributed by atoms with van der Waals surface area (Å²) in [6, 6.07) is 12.9. The Labute approximate surface area is 171 Å². The Morgan fingerprint density at radius 1 is 1.14 bits per heavy atom. The monoisotopic (exact) mass is 413 g/mol. The molecule has 8 nitrogen and oxygen atoms in total. The number of fused-ring (bicyclic) bond motifs is 1. The molecule has 0 fully saturated rings. The first-order chi connectivity index (χ1) is 14.2. The first-order valence-electron chi connectivity index (χ1n) is 8.98. The number of amides is 1. The van der Waals surface area contributed by atoms with Crippen LogP contribution in [0.3, 0.4) is 0 Å². The van der Waals surface area contributed by atoms with E-state index in [4.69, 9.17) is 18.6 Å². The van der Waals surface area contributed by atoms with Crippen molar-refractivity contribution in [2.45, 2.75) is 11.8 Å². The number of nitrogens with zero attached hydrogens (tertiary/aromatic N) is 2. The quantitative estimate of drug-likeness (QED) is 0.591. The zero-order valence-corrected chi connectivity index (χ0v) is 16.5. The van der Waals surface area contributed by atoms with Gasteiger partial charge < -0.3 is 23.9 Å². The van der Waals surface area contributed by atoms with Crippen LogP contribution < -0.4 is 19.5 Å². The number of methoxy groups -OCH3 is 1.